The molecule has 0 aliphatic rings. The fourth-order valence-electron chi connectivity index (χ4n) is 3.72. The van der Waals surface area contributed by atoms with Crippen molar-refractivity contribution in [1.82, 2.24) is 14.3 Å². The highest BCUT2D eigenvalue weighted by molar-refractivity contribution is 7.89. The first-order chi connectivity index (χ1) is 17.6. The molecule has 8 nitrogen and oxygen atoms in total. The van der Waals surface area contributed by atoms with Gasteiger partial charge in [-0.05, 0) is 44.2 Å². The SMILES string of the molecule is Cc1ccc(S(=O)(=O)N(CC(=O)Nc2cccc(-c3nc(C)cc(=O)[nH]3)c2)Cc2ccccc2F)cc1. The summed E-state index contributed by atoms with van der Waals surface area (Å²) in [5.74, 6) is -0.849. The van der Waals surface area contributed by atoms with Crippen molar-refractivity contribution in [2.45, 2.75) is 25.3 Å². The van der Waals surface area contributed by atoms with E-state index in [0.29, 0.717) is 22.8 Å². The van der Waals surface area contributed by atoms with E-state index in [1.807, 2.05) is 6.92 Å². The number of H-pyrrole nitrogens is 1. The number of sulfonamides is 1. The zero-order chi connectivity index (χ0) is 26.6. The zero-order valence-corrected chi connectivity index (χ0v) is 21.0. The van der Waals surface area contributed by atoms with Gasteiger partial charge in [-0.2, -0.15) is 4.31 Å². The number of halogens is 1. The minimum atomic E-state index is -4.12. The fraction of sp³-hybridized carbons (Fsp3) is 0.148. The smallest absolute Gasteiger partial charge is 0.251 e. The summed E-state index contributed by atoms with van der Waals surface area (Å²) >= 11 is 0. The van der Waals surface area contributed by atoms with E-state index in [1.165, 1.54) is 36.4 Å². The molecule has 4 rings (SSSR count). The third-order valence-corrected chi connectivity index (χ3v) is 7.38. The summed E-state index contributed by atoms with van der Waals surface area (Å²) in [6.45, 7) is 2.65. The van der Waals surface area contributed by atoms with Gasteiger partial charge in [0, 0.05) is 35.1 Å². The van der Waals surface area contributed by atoms with Crippen LogP contribution in [0.1, 0.15) is 16.8 Å². The highest BCUT2D eigenvalue weighted by Crippen LogP contribution is 2.22. The molecule has 0 aliphatic carbocycles. The number of aryl methyl sites for hydroxylation is 2. The van der Waals surface area contributed by atoms with Crippen LogP contribution in [0.2, 0.25) is 0 Å². The van der Waals surface area contributed by atoms with Gasteiger partial charge < -0.3 is 10.3 Å². The number of nitrogens with zero attached hydrogens (tertiary/aromatic N) is 2. The van der Waals surface area contributed by atoms with Gasteiger partial charge in [-0.25, -0.2) is 17.8 Å². The summed E-state index contributed by atoms with van der Waals surface area (Å²) in [5, 5.41) is 2.69. The van der Waals surface area contributed by atoms with Crippen LogP contribution in [-0.4, -0.2) is 35.1 Å². The van der Waals surface area contributed by atoms with Crippen molar-refractivity contribution >= 4 is 21.6 Å². The highest BCUT2D eigenvalue weighted by atomic mass is 32.2. The molecule has 0 fully saturated rings. The van der Waals surface area contributed by atoms with Gasteiger partial charge in [0.15, 0.2) is 0 Å². The van der Waals surface area contributed by atoms with E-state index in [0.717, 1.165) is 9.87 Å². The number of hydrogen-bond donors (Lipinski definition) is 2. The Hall–Kier alpha value is -4.15. The molecule has 190 valence electrons. The molecule has 0 saturated carbocycles. The molecule has 0 bridgehead atoms. The number of nitrogens with one attached hydrogen (secondary N) is 2. The number of aromatic nitrogens is 2. The number of amides is 1. The van der Waals surface area contributed by atoms with E-state index >= 15 is 0 Å². The van der Waals surface area contributed by atoms with Crippen molar-refractivity contribution in [3.8, 4) is 11.4 Å². The Bertz CT molecular complexity index is 1600. The fourth-order valence-corrected chi connectivity index (χ4v) is 5.10. The van der Waals surface area contributed by atoms with Crippen molar-refractivity contribution in [1.29, 1.82) is 0 Å². The maximum absolute atomic E-state index is 14.4. The van der Waals surface area contributed by atoms with Crippen LogP contribution in [-0.2, 0) is 21.4 Å². The van der Waals surface area contributed by atoms with Crippen molar-refractivity contribution in [3.63, 3.8) is 0 Å². The van der Waals surface area contributed by atoms with Crippen LogP contribution in [0.4, 0.5) is 10.1 Å². The Morgan fingerprint density at radius 3 is 2.43 bits per heavy atom. The number of aromatic amines is 1. The molecule has 0 aliphatic heterocycles. The van der Waals surface area contributed by atoms with E-state index in [-0.39, 0.29) is 22.6 Å². The van der Waals surface area contributed by atoms with Gasteiger partial charge in [0.2, 0.25) is 15.9 Å². The molecular formula is C27H25FN4O4S. The molecule has 1 aromatic heterocycles. The predicted molar refractivity (Wildman–Crippen MR) is 139 cm³/mol. The summed E-state index contributed by atoms with van der Waals surface area (Å²) in [4.78, 5) is 31.8. The van der Waals surface area contributed by atoms with E-state index < -0.39 is 28.3 Å². The van der Waals surface area contributed by atoms with Crippen LogP contribution < -0.4 is 10.9 Å². The summed E-state index contributed by atoms with van der Waals surface area (Å²) < 4.78 is 42.2. The minimum absolute atomic E-state index is 0.00119. The van der Waals surface area contributed by atoms with Gasteiger partial charge >= 0.3 is 0 Å². The van der Waals surface area contributed by atoms with Crippen LogP contribution in [0.3, 0.4) is 0 Å². The second-order valence-electron chi connectivity index (χ2n) is 8.54. The molecule has 37 heavy (non-hydrogen) atoms. The summed E-state index contributed by atoms with van der Waals surface area (Å²) in [5.41, 5.74) is 2.20. The van der Waals surface area contributed by atoms with Gasteiger partial charge in [0.1, 0.15) is 11.6 Å². The number of benzene rings is 3. The van der Waals surface area contributed by atoms with Gasteiger partial charge in [-0.15, -0.1) is 0 Å². The minimum Gasteiger partial charge on any atom is -0.325 e. The summed E-state index contributed by atoms with van der Waals surface area (Å²) in [7, 11) is -4.12. The first-order valence-corrected chi connectivity index (χ1v) is 12.8. The average molecular weight is 521 g/mol. The largest absolute Gasteiger partial charge is 0.325 e. The molecule has 0 unspecified atom stereocenters. The molecule has 3 aromatic carbocycles. The Balaban J connectivity index is 1.60. The van der Waals surface area contributed by atoms with Crippen LogP contribution >= 0.6 is 0 Å². The average Bonchev–Trinajstić information content (AvgIpc) is 2.85. The number of hydrogen-bond acceptors (Lipinski definition) is 5. The normalized spacial score (nSPS) is 11.5. The molecule has 0 spiro atoms. The second kappa shape index (κ2) is 10.9. The van der Waals surface area contributed by atoms with Crippen molar-refractivity contribution in [2.75, 3.05) is 11.9 Å². The van der Waals surface area contributed by atoms with Crippen LogP contribution in [0.15, 0.2) is 88.6 Å². The van der Waals surface area contributed by atoms with E-state index in [4.69, 9.17) is 0 Å². The first kappa shape index (κ1) is 25.9. The van der Waals surface area contributed by atoms with E-state index in [9.17, 15) is 22.4 Å². The summed E-state index contributed by atoms with van der Waals surface area (Å²) in [6.07, 6.45) is 0. The highest BCUT2D eigenvalue weighted by Gasteiger charge is 2.28. The Labute approximate surface area is 213 Å². The second-order valence-corrected chi connectivity index (χ2v) is 10.5. The van der Waals surface area contributed by atoms with Crippen molar-refractivity contribution in [2.24, 2.45) is 0 Å². The molecule has 0 atom stereocenters. The maximum Gasteiger partial charge on any atom is 0.251 e. The Kier molecular flexibility index (Phi) is 7.61. The summed E-state index contributed by atoms with van der Waals surface area (Å²) in [6, 6.07) is 20.1. The lowest BCUT2D eigenvalue weighted by Crippen LogP contribution is -2.37. The van der Waals surface area contributed by atoms with Crippen LogP contribution in [0.5, 0.6) is 0 Å². The third-order valence-electron chi connectivity index (χ3n) is 5.57. The third kappa shape index (κ3) is 6.35. The van der Waals surface area contributed by atoms with Gasteiger partial charge in [-0.1, -0.05) is 48.0 Å². The standard InChI is InChI=1S/C27H25FN4O4S/c1-18-10-12-23(13-11-18)37(35,36)32(16-21-6-3-4-9-24(21)28)17-26(34)30-22-8-5-7-20(15-22)27-29-19(2)14-25(33)31-27/h3-15H,16-17H2,1-2H3,(H,30,34)(H,29,31,33). The first-order valence-electron chi connectivity index (χ1n) is 11.4. The lowest BCUT2D eigenvalue weighted by atomic mass is 10.2. The molecule has 4 aromatic rings. The van der Waals surface area contributed by atoms with Crippen molar-refractivity contribution in [3.05, 3.63) is 112 Å². The van der Waals surface area contributed by atoms with E-state index in [1.54, 1.807) is 49.4 Å². The monoisotopic (exact) mass is 520 g/mol. The molecular weight excluding hydrogens is 495 g/mol. The van der Waals surface area contributed by atoms with E-state index in [2.05, 4.69) is 15.3 Å². The predicted octanol–water partition coefficient (Wildman–Crippen LogP) is 4.02. The number of carbonyl (C=O) groups excluding carboxylic acids is 1. The molecule has 2 N–H and O–H groups in total. The molecule has 1 heterocycles. The molecule has 0 saturated heterocycles. The number of rotatable bonds is 8. The Morgan fingerprint density at radius 1 is 1.00 bits per heavy atom. The maximum atomic E-state index is 14.4. The number of anilines is 1. The molecule has 1 amide bonds. The quantitative estimate of drug-likeness (QED) is 0.364. The zero-order valence-electron chi connectivity index (χ0n) is 20.2. The van der Waals surface area contributed by atoms with Gasteiger partial charge in [-0.3, -0.25) is 9.59 Å². The van der Waals surface area contributed by atoms with Crippen molar-refractivity contribution < 1.29 is 17.6 Å². The number of carbonyl (C=O) groups is 1. The Morgan fingerprint density at radius 2 is 1.73 bits per heavy atom. The van der Waals surface area contributed by atoms with Crippen LogP contribution in [0, 0.1) is 19.7 Å². The van der Waals surface area contributed by atoms with Gasteiger partial charge in [0.05, 0.1) is 11.4 Å². The molecule has 10 heteroatoms. The van der Waals surface area contributed by atoms with Crippen LogP contribution in [0.25, 0.3) is 11.4 Å². The lowest BCUT2D eigenvalue weighted by Gasteiger charge is -2.22. The topological polar surface area (TPSA) is 112 Å². The lowest BCUT2D eigenvalue weighted by molar-refractivity contribution is -0.116. The molecule has 0 radical (unpaired) electrons. The van der Waals surface area contributed by atoms with Gasteiger partial charge in [0.25, 0.3) is 5.56 Å².